The van der Waals surface area contributed by atoms with Gasteiger partial charge in [-0.3, -0.25) is 0 Å². The van der Waals surface area contributed by atoms with Crippen LogP contribution in [0.15, 0.2) is 22.6 Å². The minimum absolute atomic E-state index is 0.501. The van der Waals surface area contributed by atoms with Crippen LogP contribution in [-0.4, -0.2) is 11.0 Å². The molecule has 78 valence electrons. The van der Waals surface area contributed by atoms with E-state index < -0.39 is 0 Å². The van der Waals surface area contributed by atoms with Gasteiger partial charge < -0.3 is 9.73 Å². The van der Waals surface area contributed by atoms with Gasteiger partial charge in [-0.05, 0) is 31.0 Å². The number of nitrogens with zero attached hydrogens (tertiary/aromatic N) is 1. The van der Waals surface area contributed by atoms with E-state index in [4.69, 9.17) is 4.42 Å². The van der Waals surface area contributed by atoms with Crippen LogP contribution in [0.1, 0.15) is 30.8 Å². The van der Waals surface area contributed by atoms with Gasteiger partial charge in [-0.1, -0.05) is 6.07 Å². The summed E-state index contributed by atoms with van der Waals surface area (Å²) in [6, 6.07) is 7.40. The van der Waals surface area contributed by atoms with Crippen molar-refractivity contribution in [3.8, 4) is 0 Å². The Bertz CT molecular complexity index is 497. The van der Waals surface area contributed by atoms with E-state index in [1.54, 1.807) is 0 Å². The summed E-state index contributed by atoms with van der Waals surface area (Å²) in [7, 11) is 0. The zero-order valence-electron chi connectivity index (χ0n) is 8.95. The summed E-state index contributed by atoms with van der Waals surface area (Å²) in [5, 5.41) is 3.47. The highest BCUT2D eigenvalue weighted by Crippen LogP contribution is 2.29. The van der Waals surface area contributed by atoms with Crippen molar-refractivity contribution >= 4 is 11.1 Å². The number of benzene rings is 1. The molecule has 0 bridgehead atoms. The Hall–Kier alpha value is -1.35. The fourth-order valence-corrected chi connectivity index (χ4v) is 2.18. The van der Waals surface area contributed by atoms with Gasteiger partial charge in [-0.25, -0.2) is 4.98 Å². The molecule has 1 N–H and O–H groups in total. The topological polar surface area (TPSA) is 38.1 Å². The van der Waals surface area contributed by atoms with Crippen molar-refractivity contribution < 1.29 is 4.42 Å². The molecule has 1 aromatic carbocycles. The van der Waals surface area contributed by atoms with Gasteiger partial charge in [0.25, 0.3) is 0 Å². The molecular weight excluding hydrogens is 188 g/mol. The smallest absolute Gasteiger partial charge is 0.192 e. The first-order chi connectivity index (χ1) is 7.22. The lowest BCUT2D eigenvalue weighted by atomic mass is 9.92. The van der Waals surface area contributed by atoms with Crippen molar-refractivity contribution in [2.24, 2.45) is 0 Å². The van der Waals surface area contributed by atoms with Crippen molar-refractivity contribution in [1.82, 2.24) is 10.3 Å². The Balaban J connectivity index is 1.99. The fourth-order valence-electron chi connectivity index (χ4n) is 2.18. The Morgan fingerprint density at radius 1 is 1.47 bits per heavy atom. The summed E-state index contributed by atoms with van der Waals surface area (Å²) in [5.41, 5.74) is 3.16. The molecule has 0 radical (unpaired) electrons. The van der Waals surface area contributed by atoms with Crippen LogP contribution < -0.4 is 5.32 Å². The molecular formula is C12H14N2O. The van der Waals surface area contributed by atoms with Crippen LogP contribution in [-0.2, 0) is 0 Å². The molecule has 0 amide bonds. The minimum atomic E-state index is 0.501. The summed E-state index contributed by atoms with van der Waals surface area (Å²) < 4.78 is 5.44. The predicted molar refractivity (Wildman–Crippen MR) is 58.7 cm³/mol. The van der Waals surface area contributed by atoms with E-state index in [1.807, 2.05) is 13.0 Å². The lowest BCUT2D eigenvalue weighted by molar-refractivity contribution is 0.288. The van der Waals surface area contributed by atoms with Crippen LogP contribution in [0.2, 0.25) is 0 Å². The number of fused-ring (bicyclic) bond motifs is 1. The van der Waals surface area contributed by atoms with Gasteiger partial charge in [0.2, 0.25) is 0 Å². The van der Waals surface area contributed by atoms with Gasteiger partial charge in [0.1, 0.15) is 5.52 Å². The molecule has 15 heavy (non-hydrogen) atoms. The average Bonchev–Trinajstić information content (AvgIpc) is 2.52. The second-order valence-electron chi connectivity index (χ2n) is 4.32. The standard InChI is InChI=1S/C12H14N2O/c1-7-5-10(13-7)9-3-4-12-11(6-9)14-8(2)15-12/h3-4,6-7,10,13H,5H2,1-2H3. The quantitative estimate of drug-likeness (QED) is 0.772. The van der Waals surface area contributed by atoms with Crippen molar-refractivity contribution in [2.75, 3.05) is 0 Å². The first kappa shape index (κ1) is 8.92. The predicted octanol–water partition coefficient (Wildman–Crippen LogP) is 2.56. The third-order valence-electron chi connectivity index (χ3n) is 3.00. The van der Waals surface area contributed by atoms with E-state index in [0.29, 0.717) is 12.1 Å². The monoisotopic (exact) mass is 202 g/mol. The number of hydrogen-bond donors (Lipinski definition) is 1. The summed E-state index contributed by atoms with van der Waals surface area (Å²) in [5.74, 6) is 0.733. The zero-order valence-corrected chi connectivity index (χ0v) is 8.95. The maximum atomic E-state index is 5.44. The van der Waals surface area contributed by atoms with Crippen LogP contribution >= 0.6 is 0 Å². The van der Waals surface area contributed by atoms with E-state index in [1.165, 1.54) is 12.0 Å². The van der Waals surface area contributed by atoms with E-state index in [9.17, 15) is 0 Å². The summed E-state index contributed by atoms with van der Waals surface area (Å²) in [6.45, 7) is 4.08. The third-order valence-corrected chi connectivity index (χ3v) is 3.00. The Labute approximate surface area is 88.5 Å². The van der Waals surface area contributed by atoms with Gasteiger partial charge in [0.05, 0.1) is 0 Å². The molecule has 2 aromatic rings. The highest BCUT2D eigenvalue weighted by Gasteiger charge is 2.25. The zero-order chi connectivity index (χ0) is 10.4. The van der Waals surface area contributed by atoms with Crippen molar-refractivity contribution in [1.29, 1.82) is 0 Å². The van der Waals surface area contributed by atoms with Crippen LogP contribution in [0.4, 0.5) is 0 Å². The molecule has 1 fully saturated rings. The maximum Gasteiger partial charge on any atom is 0.192 e. The molecule has 1 saturated heterocycles. The number of hydrogen-bond acceptors (Lipinski definition) is 3. The largest absolute Gasteiger partial charge is 0.441 e. The van der Waals surface area contributed by atoms with Crippen molar-refractivity contribution in [3.05, 3.63) is 29.7 Å². The number of aromatic nitrogens is 1. The van der Waals surface area contributed by atoms with Gasteiger partial charge >= 0.3 is 0 Å². The maximum absolute atomic E-state index is 5.44. The number of rotatable bonds is 1. The molecule has 0 spiro atoms. The molecule has 3 heteroatoms. The Kier molecular flexibility index (Phi) is 1.83. The Morgan fingerprint density at radius 3 is 3.00 bits per heavy atom. The summed E-state index contributed by atoms with van der Waals surface area (Å²) in [6.07, 6.45) is 1.21. The molecule has 1 aliphatic rings. The van der Waals surface area contributed by atoms with E-state index >= 15 is 0 Å². The third kappa shape index (κ3) is 1.43. The first-order valence-corrected chi connectivity index (χ1v) is 5.35. The molecule has 2 atom stereocenters. The molecule has 3 rings (SSSR count). The lowest BCUT2D eigenvalue weighted by Gasteiger charge is -2.35. The second-order valence-corrected chi connectivity index (χ2v) is 4.32. The Morgan fingerprint density at radius 2 is 2.27 bits per heavy atom. The average molecular weight is 202 g/mol. The first-order valence-electron chi connectivity index (χ1n) is 5.35. The summed E-state index contributed by atoms with van der Waals surface area (Å²) >= 11 is 0. The normalized spacial score (nSPS) is 25.5. The minimum Gasteiger partial charge on any atom is -0.441 e. The van der Waals surface area contributed by atoms with Gasteiger partial charge in [-0.2, -0.15) is 0 Å². The van der Waals surface area contributed by atoms with E-state index in [0.717, 1.165) is 17.0 Å². The van der Waals surface area contributed by atoms with Crippen LogP contribution in [0, 0.1) is 6.92 Å². The van der Waals surface area contributed by atoms with E-state index in [2.05, 4.69) is 29.4 Å². The highest BCUT2D eigenvalue weighted by atomic mass is 16.3. The van der Waals surface area contributed by atoms with E-state index in [-0.39, 0.29) is 0 Å². The second kappa shape index (κ2) is 3.07. The lowest BCUT2D eigenvalue weighted by Crippen LogP contribution is -2.43. The molecule has 2 heterocycles. The van der Waals surface area contributed by atoms with Crippen LogP contribution in [0.25, 0.3) is 11.1 Å². The van der Waals surface area contributed by atoms with Gasteiger partial charge in [0, 0.05) is 19.0 Å². The molecule has 2 unspecified atom stereocenters. The SMILES string of the molecule is Cc1nc2cc(C3CC(C)N3)ccc2o1. The highest BCUT2D eigenvalue weighted by molar-refractivity contribution is 5.73. The fraction of sp³-hybridized carbons (Fsp3) is 0.417. The molecule has 0 aliphatic carbocycles. The van der Waals surface area contributed by atoms with Crippen molar-refractivity contribution in [2.45, 2.75) is 32.4 Å². The molecule has 1 aromatic heterocycles. The van der Waals surface area contributed by atoms with Gasteiger partial charge in [-0.15, -0.1) is 0 Å². The van der Waals surface area contributed by atoms with Crippen molar-refractivity contribution in [3.63, 3.8) is 0 Å². The molecule has 0 saturated carbocycles. The van der Waals surface area contributed by atoms with Gasteiger partial charge in [0.15, 0.2) is 11.5 Å². The number of aryl methyl sites for hydroxylation is 1. The number of oxazole rings is 1. The molecule has 3 nitrogen and oxygen atoms in total. The van der Waals surface area contributed by atoms with Crippen LogP contribution in [0.3, 0.4) is 0 Å². The molecule has 1 aliphatic heterocycles. The van der Waals surface area contributed by atoms with Crippen LogP contribution in [0.5, 0.6) is 0 Å². The number of nitrogens with one attached hydrogen (secondary N) is 1. The summed E-state index contributed by atoms with van der Waals surface area (Å²) in [4.78, 5) is 4.34.